The monoisotopic (exact) mass is 231 g/mol. The minimum absolute atomic E-state index is 0.131. The average Bonchev–Trinajstić information content (AvgIpc) is 2.15. The smallest absolute Gasteiger partial charge is 0.230 e. The molecule has 1 rings (SSSR count). The summed E-state index contributed by atoms with van der Waals surface area (Å²) in [5.74, 6) is 0.131. The molecular weight excluding hydrogens is 210 g/mol. The lowest BCUT2D eigenvalue weighted by Gasteiger charge is -2.31. The fourth-order valence-corrected chi connectivity index (χ4v) is 1.82. The van der Waals surface area contributed by atoms with E-state index in [4.69, 9.17) is 9.47 Å². The number of nitrogens with zero attached hydrogens (tertiary/aromatic N) is 1. The minimum atomic E-state index is -0.356. The molecule has 5 heteroatoms. The maximum atomic E-state index is 10.5. The molecule has 0 saturated carbocycles. The number of hydrogen-bond donors (Lipinski definition) is 0. The van der Waals surface area contributed by atoms with E-state index < -0.39 is 0 Å². The lowest BCUT2D eigenvalue weighted by atomic mass is 10.1. The molecule has 1 heterocycles. The summed E-state index contributed by atoms with van der Waals surface area (Å²) >= 11 is 0. The van der Waals surface area contributed by atoms with E-state index in [-0.39, 0.29) is 35.9 Å². The van der Waals surface area contributed by atoms with Gasteiger partial charge in [-0.2, -0.15) is 0 Å². The van der Waals surface area contributed by atoms with E-state index >= 15 is 0 Å². The van der Waals surface area contributed by atoms with E-state index in [1.807, 2.05) is 20.8 Å². The van der Waals surface area contributed by atoms with Crippen molar-refractivity contribution >= 4 is 0 Å². The van der Waals surface area contributed by atoms with Crippen LogP contribution in [0, 0.1) is 16.0 Å². The maximum absolute atomic E-state index is 10.5. The van der Waals surface area contributed by atoms with Crippen molar-refractivity contribution in [3.8, 4) is 0 Å². The molecule has 5 nitrogen and oxygen atoms in total. The molecule has 0 N–H and O–H groups in total. The van der Waals surface area contributed by atoms with Crippen LogP contribution in [0.15, 0.2) is 0 Å². The first-order valence-electron chi connectivity index (χ1n) is 5.91. The molecule has 1 fully saturated rings. The zero-order valence-electron chi connectivity index (χ0n) is 10.2. The Morgan fingerprint density at radius 3 is 2.69 bits per heavy atom. The molecule has 0 amide bonds. The van der Waals surface area contributed by atoms with Crippen LogP contribution in [0.1, 0.15) is 40.0 Å². The van der Waals surface area contributed by atoms with Gasteiger partial charge in [-0.1, -0.05) is 13.8 Å². The first kappa shape index (κ1) is 13.4. The van der Waals surface area contributed by atoms with Gasteiger partial charge in [0.2, 0.25) is 6.54 Å². The quantitative estimate of drug-likeness (QED) is 0.537. The van der Waals surface area contributed by atoms with Crippen LogP contribution in [0.25, 0.3) is 0 Å². The molecule has 3 atom stereocenters. The Hall–Kier alpha value is -0.680. The molecule has 0 aromatic heterocycles. The Balaban J connectivity index is 2.44. The predicted molar refractivity (Wildman–Crippen MR) is 59.8 cm³/mol. The fourth-order valence-electron chi connectivity index (χ4n) is 1.82. The summed E-state index contributed by atoms with van der Waals surface area (Å²) in [6, 6.07) is 0. The van der Waals surface area contributed by atoms with Crippen molar-refractivity contribution in [1.82, 2.24) is 0 Å². The van der Waals surface area contributed by atoms with Gasteiger partial charge in [-0.3, -0.25) is 10.1 Å². The Labute approximate surface area is 96.3 Å². The van der Waals surface area contributed by atoms with Crippen molar-refractivity contribution in [1.29, 1.82) is 0 Å². The van der Waals surface area contributed by atoms with Gasteiger partial charge in [-0.25, -0.2) is 0 Å². The molecule has 0 aromatic rings. The topological polar surface area (TPSA) is 61.6 Å². The molecule has 0 radical (unpaired) electrons. The summed E-state index contributed by atoms with van der Waals surface area (Å²) in [7, 11) is 0. The molecule has 1 aliphatic heterocycles. The normalized spacial score (nSPS) is 28.0. The highest BCUT2D eigenvalue weighted by Gasteiger charge is 2.27. The molecule has 94 valence electrons. The molecule has 1 aliphatic rings. The number of nitro groups is 1. The third-order valence-corrected chi connectivity index (χ3v) is 2.83. The molecule has 0 unspecified atom stereocenters. The van der Waals surface area contributed by atoms with Crippen LogP contribution < -0.4 is 0 Å². The molecule has 16 heavy (non-hydrogen) atoms. The summed E-state index contributed by atoms with van der Waals surface area (Å²) in [6.07, 6.45) is 2.52. The second kappa shape index (κ2) is 6.15. The summed E-state index contributed by atoms with van der Waals surface area (Å²) < 4.78 is 11.3. The average molecular weight is 231 g/mol. The molecule has 0 aliphatic carbocycles. The molecular formula is C11H21NO4. The lowest BCUT2D eigenvalue weighted by molar-refractivity contribution is -0.496. The van der Waals surface area contributed by atoms with Crippen LogP contribution in [-0.2, 0) is 9.47 Å². The lowest BCUT2D eigenvalue weighted by Crippen LogP contribution is -2.37. The van der Waals surface area contributed by atoms with Crippen LogP contribution in [0.5, 0.6) is 0 Å². The fraction of sp³-hybridized carbons (Fsp3) is 1.00. The molecule has 0 spiro atoms. The number of ether oxygens (including phenoxy) is 2. The number of rotatable bonds is 5. The minimum Gasteiger partial charge on any atom is -0.350 e. The molecule has 1 saturated heterocycles. The standard InChI is InChI=1S/C11H21NO4/c1-8(2)10(7-12(13)14)16-11-6-4-5-9(3)15-11/h8-11H,4-7H2,1-3H3/t9-,10-,11+/m0/s1. The first-order valence-corrected chi connectivity index (χ1v) is 5.91. The molecule has 0 bridgehead atoms. The van der Waals surface area contributed by atoms with Crippen molar-refractivity contribution in [2.75, 3.05) is 6.54 Å². The third kappa shape index (κ3) is 4.45. The Morgan fingerprint density at radius 2 is 2.19 bits per heavy atom. The van der Waals surface area contributed by atoms with Crippen LogP contribution in [0.4, 0.5) is 0 Å². The zero-order chi connectivity index (χ0) is 12.1. The van der Waals surface area contributed by atoms with Crippen molar-refractivity contribution in [2.45, 2.75) is 58.5 Å². The largest absolute Gasteiger partial charge is 0.350 e. The van der Waals surface area contributed by atoms with Gasteiger partial charge in [0.05, 0.1) is 6.10 Å². The van der Waals surface area contributed by atoms with E-state index in [0.717, 1.165) is 19.3 Å². The van der Waals surface area contributed by atoms with E-state index in [9.17, 15) is 10.1 Å². The van der Waals surface area contributed by atoms with Crippen LogP contribution in [-0.4, -0.2) is 30.0 Å². The Bertz CT molecular complexity index is 232. The second-order valence-corrected chi connectivity index (χ2v) is 4.74. The first-order chi connectivity index (χ1) is 7.49. The highest BCUT2D eigenvalue weighted by Crippen LogP contribution is 2.22. The van der Waals surface area contributed by atoms with Gasteiger partial charge in [-0.15, -0.1) is 0 Å². The Kier molecular flexibility index (Phi) is 5.15. The van der Waals surface area contributed by atoms with E-state index in [1.54, 1.807) is 0 Å². The summed E-state index contributed by atoms with van der Waals surface area (Å²) in [5, 5.41) is 10.5. The van der Waals surface area contributed by atoms with Gasteiger partial charge in [0.1, 0.15) is 6.10 Å². The van der Waals surface area contributed by atoms with Crippen LogP contribution >= 0.6 is 0 Å². The van der Waals surface area contributed by atoms with E-state index in [1.165, 1.54) is 0 Å². The van der Waals surface area contributed by atoms with Crippen molar-refractivity contribution in [3.05, 3.63) is 10.1 Å². The summed E-state index contributed by atoms with van der Waals surface area (Å²) in [5.41, 5.74) is 0. The van der Waals surface area contributed by atoms with E-state index in [2.05, 4.69) is 0 Å². The van der Waals surface area contributed by atoms with Crippen LogP contribution in [0.2, 0.25) is 0 Å². The summed E-state index contributed by atoms with van der Waals surface area (Å²) in [6.45, 7) is 5.72. The van der Waals surface area contributed by atoms with Gasteiger partial charge < -0.3 is 9.47 Å². The van der Waals surface area contributed by atoms with Crippen LogP contribution in [0.3, 0.4) is 0 Å². The van der Waals surface area contributed by atoms with E-state index in [0.29, 0.717) is 0 Å². The second-order valence-electron chi connectivity index (χ2n) is 4.74. The van der Waals surface area contributed by atoms with Gasteiger partial charge in [0.25, 0.3) is 0 Å². The van der Waals surface area contributed by atoms with Gasteiger partial charge in [-0.05, 0) is 32.1 Å². The summed E-state index contributed by atoms with van der Waals surface area (Å²) in [4.78, 5) is 10.2. The van der Waals surface area contributed by atoms with Gasteiger partial charge >= 0.3 is 0 Å². The molecule has 0 aromatic carbocycles. The Morgan fingerprint density at radius 1 is 1.50 bits per heavy atom. The van der Waals surface area contributed by atoms with Gasteiger partial charge in [0, 0.05) is 4.92 Å². The van der Waals surface area contributed by atoms with Crippen molar-refractivity contribution < 1.29 is 14.4 Å². The zero-order valence-corrected chi connectivity index (χ0v) is 10.2. The SMILES string of the molecule is CC(C)[C@H](C[N+](=O)[O-])O[C@@H]1CCC[C@H](C)O1. The highest BCUT2D eigenvalue weighted by molar-refractivity contribution is 4.66. The number of hydrogen-bond acceptors (Lipinski definition) is 4. The third-order valence-electron chi connectivity index (χ3n) is 2.83. The highest BCUT2D eigenvalue weighted by atomic mass is 16.7. The predicted octanol–water partition coefficient (Wildman–Crippen LogP) is 2.22. The van der Waals surface area contributed by atoms with Crippen molar-refractivity contribution in [3.63, 3.8) is 0 Å². The van der Waals surface area contributed by atoms with Gasteiger partial charge in [0.15, 0.2) is 6.29 Å². The van der Waals surface area contributed by atoms with Crippen molar-refractivity contribution in [2.24, 2.45) is 5.92 Å². The maximum Gasteiger partial charge on any atom is 0.230 e.